The Kier molecular flexibility index (Phi) is 5.82. The Morgan fingerprint density at radius 3 is 2.74 bits per heavy atom. The fourth-order valence-electron chi connectivity index (χ4n) is 3.12. The van der Waals surface area contributed by atoms with Crippen LogP contribution in [0.15, 0.2) is 18.3 Å². The number of carbonyl (C=O) groups excluding carboxylic acids is 1. The van der Waals surface area contributed by atoms with Crippen LogP contribution in [-0.2, 0) is 9.53 Å². The summed E-state index contributed by atoms with van der Waals surface area (Å²) in [6.07, 6.45) is 7.64. The average Bonchev–Trinajstić information content (AvgIpc) is 2.62. The van der Waals surface area contributed by atoms with E-state index in [9.17, 15) is 4.79 Å². The zero-order valence-corrected chi connectivity index (χ0v) is 13.6. The normalized spacial score (nSPS) is 19.6. The zero-order valence-electron chi connectivity index (χ0n) is 13.6. The van der Waals surface area contributed by atoms with Crippen molar-refractivity contribution in [1.29, 1.82) is 0 Å². The number of anilines is 2. The lowest BCUT2D eigenvalue weighted by molar-refractivity contribution is -0.123. The van der Waals surface area contributed by atoms with Crippen molar-refractivity contribution in [3.63, 3.8) is 0 Å². The van der Waals surface area contributed by atoms with E-state index in [-0.39, 0.29) is 18.6 Å². The predicted molar refractivity (Wildman–Crippen MR) is 90.8 cm³/mol. The molecule has 1 aromatic heterocycles. The minimum atomic E-state index is -0.115. The van der Waals surface area contributed by atoms with Gasteiger partial charge < -0.3 is 20.3 Å². The Morgan fingerprint density at radius 1 is 1.26 bits per heavy atom. The Hall–Kier alpha value is -1.66. The molecule has 0 spiro atoms. The van der Waals surface area contributed by atoms with E-state index in [1.54, 1.807) is 6.20 Å². The molecule has 2 aliphatic rings. The number of amides is 1. The molecule has 0 atom stereocenters. The number of hydrogen-bond donors (Lipinski definition) is 2. The van der Waals surface area contributed by atoms with Gasteiger partial charge in [0.05, 0.1) is 18.0 Å². The molecule has 3 heterocycles. The van der Waals surface area contributed by atoms with Crippen molar-refractivity contribution in [1.82, 2.24) is 10.3 Å². The molecular weight excluding hydrogens is 292 g/mol. The van der Waals surface area contributed by atoms with Gasteiger partial charge in [0.2, 0.25) is 5.91 Å². The van der Waals surface area contributed by atoms with Gasteiger partial charge >= 0.3 is 0 Å². The van der Waals surface area contributed by atoms with Crippen LogP contribution in [0.1, 0.15) is 32.1 Å². The van der Waals surface area contributed by atoms with Crippen LogP contribution in [0.3, 0.4) is 0 Å². The lowest BCUT2D eigenvalue weighted by Gasteiger charge is -2.27. The van der Waals surface area contributed by atoms with Gasteiger partial charge in [0.1, 0.15) is 12.4 Å². The number of nitrogens with one attached hydrogen (secondary N) is 2. The second-order valence-corrected chi connectivity index (χ2v) is 6.26. The number of carbonyl (C=O) groups is 1. The van der Waals surface area contributed by atoms with E-state index in [1.807, 2.05) is 12.1 Å². The van der Waals surface area contributed by atoms with Gasteiger partial charge in [-0.15, -0.1) is 0 Å². The second-order valence-electron chi connectivity index (χ2n) is 6.26. The van der Waals surface area contributed by atoms with Gasteiger partial charge in [0, 0.05) is 13.1 Å². The third-order valence-corrected chi connectivity index (χ3v) is 4.45. The van der Waals surface area contributed by atoms with Crippen molar-refractivity contribution in [2.24, 2.45) is 0 Å². The first-order valence-electron chi connectivity index (χ1n) is 8.64. The van der Waals surface area contributed by atoms with Crippen LogP contribution >= 0.6 is 0 Å². The van der Waals surface area contributed by atoms with Crippen molar-refractivity contribution in [3.05, 3.63) is 18.3 Å². The topological polar surface area (TPSA) is 66.5 Å². The van der Waals surface area contributed by atoms with E-state index in [1.165, 1.54) is 19.3 Å². The highest BCUT2D eigenvalue weighted by Gasteiger charge is 2.15. The molecular formula is C17H26N4O2. The molecule has 0 aliphatic carbocycles. The highest BCUT2D eigenvalue weighted by Crippen LogP contribution is 2.19. The standard InChI is InChI=1S/C17H26N4O2/c22-17(13-23-15-6-8-18-9-7-15)20-14-4-5-16(19-12-14)21-10-2-1-3-11-21/h4-5,12,15,18H,1-3,6-11,13H2,(H,20,22). The molecule has 2 saturated heterocycles. The van der Waals surface area contributed by atoms with Gasteiger partial charge in [-0.25, -0.2) is 4.98 Å². The Balaban J connectivity index is 1.44. The van der Waals surface area contributed by atoms with Crippen LogP contribution in [-0.4, -0.2) is 49.8 Å². The van der Waals surface area contributed by atoms with E-state index in [0.717, 1.165) is 50.5 Å². The lowest BCUT2D eigenvalue weighted by atomic mass is 10.1. The van der Waals surface area contributed by atoms with Crippen molar-refractivity contribution in [3.8, 4) is 0 Å². The van der Waals surface area contributed by atoms with Gasteiger partial charge in [-0.05, 0) is 57.3 Å². The summed E-state index contributed by atoms with van der Waals surface area (Å²) in [5.74, 6) is 0.879. The summed E-state index contributed by atoms with van der Waals surface area (Å²) in [7, 11) is 0. The molecule has 3 rings (SSSR count). The fourth-order valence-corrected chi connectivity index (χ4v) is 3.12. The molecule has 2 aliphatic heterocycles. The van der Waals surface area contributed by atoms with E-state index in [0.29, 0.717) is 0 Å². The first-order chi connectivity index (χ1) is 11.3. The van der Waals surface area contributed by atoms with Gasteiger partial charge in [0.15, 0.2) is 0 Å². The largest absolute Gasteiger partial charge is 0.368 e. The van der Waals surface area contributed by atoms with Crippen molar-refractivity contribution >= 4 is 17.4 Å². The SMILES string of the molecule is O=C(COC1CCNCC1)Nc1ccc(N2CCCCC2)nc1. The van der Waals surface area contributed by atoms with Crippen LogP contribution in [0.25, 0.3) is 0 Å². The monoisotopic (exact) mass is 318 g/mol. The van der Waals surface area contributed by atoms with Crippen molar-refractivity contribution in [2.75, 3.05) is 43.0 Å². The summed E-state index contributed by atoms with van der Waals surface area (Å²) in [5.41, 5.74) is 0.727. The van der Waals surface area contributed by atoms with Gasteiger partial charge in [-0.3, -0.25) is 4.79 Å². The average molecular weight is 318 g/mol. The van der Waals surface area contributed by atoms with E-state index in [4.69, 9.17) is 4.74 Å². The number of piperidine rings is 2. The molecule has 2 N–H and O–H groups in total. The molecule has 1 amide bonds. The number of nitrogens with zero attached hydrogens (tertiary/aromatic N) is 2. The maximum absolute atomic E-state index is 12.0. The van der Waals surface area contributed by atoms with Crippen LogP contribution in [0, 0.1) is 0 Å². The molecule has 6 nitrogen and oxygen atoms in total. The Labute approximate surface area is 137 Å². The van der Waals surface area contributed by atoms with Gasteiger partial charge in [-0.1, -0.05) is 0 Å². The number of aromatic nitrogens is 1. The Bertz CT molecular complexity index is 494. The summed E-state index contributed by atoms with van der Waals surface area (Å²) in [6.45, 7) is 4.19. The fraction of sp³-hybridized carbons (Fsp3) is 0.647. The number of rotatable bonds is 5. The van der Waals surface area contributed by atoms with Crippen LogP contribution < -0.4 is 15.5 Å². The number of hydrogen-bond acceptors (Lipinski definition) is 5. The van der Waals surface area contributed by atoms with Crippen LogP contribution in [0.2, 0.25) is 0 Å². The molecule has 0 radical (unpaired) electrons. The van der Waals surface area contributed by atoms with Crippen LogP contribution in [0.4, 0.5) is 11.5 Å². The van der Waals surface area contributed by atoms with E-state index >= 15 is 0 Å². The van der Waals surface area contributed by atoms with Gasteiger partial charge in [-0.2, -0.15) is 0 Å². The first-order valence-corrected chi connectivity index (χ1v) is 8.64. The smallest absolute Gasteiger partial charge is 0.250 e. The third kappa shape index (κ3) is 4.91. The van der Waals surface area contributed by atoms with Crippen molar-refractivity contribution in [2.45, 2.75) is 38.2 Å². The van der Waals surface area contributed by atoms with E-state index < -0.39 is 0 Å². The molecule has 0 saturated carbocycles. The Morgan fingerprint density at radius 2 is 2.04 bits per heavy atom. The maximum atomic E-state index is 12.0. The predicted octanol–water partition coefficient (Wildman–Crippen LogP) is 1.78. The summed E-state index contributed by atoms with van der Waals surface area (Å²) in [6, 6.07) is 3.90. The summed E-state index contributed by atoms with van der Waals surface area (Å²) in [5, 5.41) is 6.13. The van der Waals surface area contributed by atoms with Crippen molar-refractivity contribution < 1.29 is 9.53 Å². The lowest BCUT2D eigenvalue weighted by Crippen LogP contribution is -2.34. The molecule has 1 aromatic rings. The maximum Gasteiger partial charge on any atom is 0.250 e. The summed E-state index contributed by atoms with van der Waals surface area (Å²) < 4.78 is 5.66. The zero-order chi connectivity index (χ0) is 15.9. The highest BCUT2D eigenvalue weighted by molar-refractivity contribution is 5.91. The van der Waals surface area contributed by atoms with Crippen LogP contribution in [0.5, 0.6) is 0 Å². The molecule has 23 heavy (non-hydrogen) atoms. The number of pyridine rings is 1. The molecule has 0 bridgehead atoms. The molecule has 0 unspecified atom stereocenters. The minimum absolute atomic E-state index is 0.110. The molecule has 6 heteroatoms. The number of ether oxygens (including phenoxy) is 1. The summed E-state index contributed by atoms with van der Waals surface area (Å²) >= 11 is 0. The third-order valence-electron chi connectivity index (χ3n) is 4.45. The second kappa shape index (κ2) is 8.26. The minimum Gasteiger partial charge on any atom is -0.368 e. The van der Waals surface area contributed by atoms with E-state index in [2.05, 4.69) is 20.5 Å². The highest BCUT2D eigenvalue weighted by atomic mass is 16.5. The summed E-state index contributed by atoms with van der Waals surface area (Å²) in [4.78, 5) is 18.7. The quantitative estimate of drug-likeness (QED) is 0.866. The molecule has 126 valence electrons. The molecule has 2 fully saturated rings. The van der Waals surface area contributed by atoms with Gasteiger partial charge in [0.25, 0.3) is 0 Å². The first kappa shape index (κ1) is 16.2. The molecule has 0 aromatic carbocycles.